The number of para-hydroxylation sites is 3. The molecule has 0 amide bonds. The minimum absolute atomic E-state index is 0.546. The van der Waals surface area contributed by atoms with Crippen LogP contribution in [0.15, 0.2) is 229 Å². The summed E-state index contributed by atoms with van der Waals surface area (Å²) in [5, 5.41) is 13.6. The molecule has 0 atom stereocenters. The van der Waals surface area contributed by atoms with Crippen molar-refractivity contribution in [3.63, 3.8) is 0 Å². The fraction of sp³-hybridized carbons (Fsp3) is 0. The van der Waals surface area contributed by atoms with E-state index in [0.717, 1.165) is 99.0 Å². The van der Waals surface area contributed by atoms with Crippen LogP contribution in [0.4, 0.5) is 0 Å². The highest BCUT2D eigenvalue weighted by Crippen LogP contribution is 2.47. The number of furan rings is 1. The van der Waals surface area contributed by atoms with Crippen LogP contribution < -0.4 is 0 Å². The van der Waals surface area contributed by atoms with Gasteiger partial charge in [-0.05, 0) is 94.3 Å². The molecule has 0 bridgehead atoms. The van der Waals surface area contributed by atoms with Crippen LogP contribution in [0, 0.1) is 0 Å². The summed E-state index contributed by atoms with van der Waals surface area (Å²) in [4.78, 5) is 16.9. The van der Waals surface area contributed by atoms with Gasteiger partial charge in [0.1, 0.15) is 11.3 Å². The Morgan fingerprint density at radius 3 is 1.78 bits per heavy atom. The van der Waals surface area contributed by atoms with E-state index < -0.39 is 0 Å². The molecule has 0 saturated carbocycles. The normalized spacial score (nSPS) is 12.2. The second-order valence-electron chi connectivity index (χ2n) is 18.6. The number of rotatable bonds is 5. The van der Waals surface area contributed by atoms with Crippen LogP contribution in [-0.4, -0.2) is 24.1 Å². The fourth-order valence-electron chi connectivity index (χ4n) is 11.6. The molecule has 0 saturated heterocycles. The molecular weight excluding hydrogens is 899 g/mol. The van der Waals surface area contributed by atoms with Gasteiger partial charge in [0.15, 0.2) is 23.1 Å². The molecular formula is C65H37N5OS. The SMILES string of the molecule is c1ccc(-n2c3ccccc3c3c(-c4nc(-c5ccc6c(oc7ccccc76)c5-n5c6cc7ccccc7cc6c6c7ccccc7ccc65)nc(-c5cccc6sc7ccccc7c56)n4)cccc32)cc1. The van der Waals surface area contributed by atoms with Gasteiger partial charge < -0.3 is 13.6 Å². The summed E-state index contributed by atoms with van der Waals surface area (Å²) in [6, 6.07) is 80.1. The second kappa shape index (κ2) is 15.0. The highest BCUT2D eigenvalue weighted by Gasteiger charge is 2.27. The Bertz CT molecular complexity index is 4940. The van der Waals surface area contributed by atoms with Gasteiger partial charge in [0.05, 0.1) is 22.1 Å². The summed E-state index contributed by atoms with van der Waals surface area (Å²) < 4.78 is 14.3. The maximum Gasteiger partial charge on any atom is 0.166 e. The number of benzene rings is 11. The predicted octanol–water partition coefficient (Wildman–Crippen LogP) is 17.6. The minimum Gasteiger partial charge on any atom is -0.454 e. The van der Waals surface area contributed by atoms with E-state index in [1.807, 2.05) is 6.07 Å². The lowest BCUT2D eigenvalue weighted by molar-refractivity contribution is 0.666. The van der Waals surface area contributed by atoms with E-state index in [-0.39, 0.29) is 0 Å². The van der Waals surface area contributed by atoms with E-state index in [0.29, 0.717) is 17.5 Å². The Kier molecular flexibility index (Phi) is 8.23. The lowest BCUT2D eigenvalue weighted by Crippen LogP contribution is -2.04. The average molecular weight is 936 g/mol. The molecule has 11 aromatic carbocycles. The Balaban J connectivity index is 1.07. The largest absolute Gasteiger partial charge is 0.454 e. The molecule has 16 rings (SSSR count). The predicted molar refractivity (Wildman–Crippen MR) is 300 cm³/mol. The molecule has 0 aliphatic heterocycles. The molecule has 0 aliphatic carbocycles. The van der Waals surface area contributed by atoms with Gasteiger partial charge in [-0.15, -0.1) is 11.3 Å². The summed E-state index contributed by atoms with van der Waals surface area (Å²) in [6.07, 6.45) is 0. The van der Waals surface area contributed by atoms with Crippen molar-refractivity contribution in [2.24, 2.45) is 0 Å². The number of hydrogen-bond acceptors (Lipinski definition) is 5. The summed E-state index contributed by atoms with van der Waals surface area (Å²) >= 11 is 1.79. The van der Waals surface area contributed by atoms with Crippen molar-refractivity contribution in [1.29, 1.82) is 0 Å². The summed E-state index contributed by atoms with van der Waals surface area (Å²) in [6.45, 7) is 0. The molecule has 0 unspecified atom stereocenters. The fourth-order valence-corrected chi connectivity index (χ4v) is 12.8. The zero-order valence-electron chi connectivity index (χ0n) is 38.4. The summed E-state index contributed by atoms with van der Waals surface area (Å²) in [5.74, 6) is 1.73. The molecule has 0 aliphatic rings. The number of hydrogen-bond donors (Lipinski definition) is 0. The molecule has 0 N–H and O–H groups in total. The van der Waals surface area contributed by atoms with Gasteiger partial charge in [0.25, 0.3) is 0 Å². The van der Waals surface area contributed by atoms with Crippen molar-refractivity contribution in [3.8, 4) is 45.5 Å². The third-order valence-electron chi connectivity index (χ3n) is 14.7. The first kappa shape index (κ1) is 39.4. The second-order valence-corrected chi connectivity index (χ2v) is 19.7. The van der Waals surface area contributed by atoms with Gasteiger partial charge in [0.2, 0.25) is 0 Å². The molecule has 0 spiro atoms. The minimum atomic E-state index is 0.546. The van der Waals surface area contributed by atoms with E-state index in [9.17, 15) is 0 Å². The molecule has 6 nitrogen and oxygen atoms in total. The molecule has 5 heterocycles. The zero-order valence-corrected chi connectivity index (χ0v) is 39.2. The molecule has 0 fully saturated rings. The third-order valence-corrected chi connectivity index (χ3v) is 15.9. The first-order chi connectivity index (χ1) is 35.7. The van der Waals surface area contributed by atoms with Crippen LogP contribution >= 0.6 is 11.3 Å². The lowest BCUT2D eigenvalue weighted by Gasteiger charge is -2.16. The van der Waals surface area contributed by atoms with Crippen molar-refractivity contribution in [2.75, 3.05) is 0 Å². The average Bonchev–Trinajstić information content (AvgIpc) is 4.20. The zero-order chi connectivity index (χ0) is 47.0. The first-order valence-corrected chi connectivity index (χ1v) is 25.1. The Morgan fingerprint density at radius 2 is 0.944 bits per heavy atom. The quantitative estimate of drug-likeness (QED) is 0.172. The molecule has 72 heavy (non-hydrogen) atoms. The number of nitrogens with zero attached hydrogens (tertiary/aromatic N) is 5. The molecule has 334 valence electrons. The highest BCUT2D eigenvalue weighted by molar-refractivity contribution is 7.25. The van der Waals surface area contributed by atoms with Crippen LogP contribution in [0.25, 0.3) is 153 Å². The molecule has 7 heteroatoms. The van der Waals surface area contributed by atoms with Gasteiger partial charge >= 0.3 is 0 Å². The van der Waals surface area contributed by atoms with Crippen LogP contribution in [-0.2, 0) is 0 Å². The van der Waals surface area contributed by atoms with Crippen LogP contribution in [0.1, 0.15) is 0 Å². The van der Waals surface area contributed by atoms with E-state index in [1.165, 1.54) is 36.3 Å². The van der Waals surface area contributed by atoms with E-state index in [4.69, 9.17) is 19.4 Å². The van der Waals surface area contributed by atoms with Gasteiger partial charge in [-0.3, -0.25) is 0 Å². The number of fused-ring (bicyclic) bond motifs is 15. The summed E-state index contributed by atoms with van der Waals surface area (Å²) in [5.41, 5.74) is 10.6. The molecule has 16 aromatic rings. The van der Waals surface area contributed by atoms with E-state index in [2.05, 4.69) is 228 Å². The highest BCUT2D eigenvalue weighted by atomic mass is 32.1. The van der Waals surface area contributed by atoms with Gasteiger partial charge in [0, 0.05) is 74.9 Å². The topological polar surface area (TPSA) is 61.7 Å². The first-order valence-electron chi connectivity index (χ1n) is 24.3. The van der Waals surface area contributed by atoms with E-state index >= 15 is 0 Å². The lowest BCUT2D eigenvalue weighted by atomic mass is 10.0. The molecule has 5 aromatic heterocycles. The van der Waals surface area contributed by atoms with E-state index in [1.54, 1.807) is 11.3 Å². The smallest absolute Gasteiger partial charge is 0.166 e. The van der Waals surface area contributed by atoms with Gasteiger partial charge in [-0.2, -0.15) is 0 Å². The Labute approximate surface area is 414 Å². The maximum atomic E-state index is 7.12. The maximum absolute atomic E-state index is 7.12. The Hall–Kier alpha value is -9.43. The van der Waals surface area contributed by atoms with Crippen molar-refractivity contribution < 1.29 is 4.42 Å². The van der Waals surface area contributed by atoms with Crippen LogP contribution in [0.3, 0.4) is 0 Å². The van der Waals surface area contributed by atoms with Gasteiger partial charge in [-0.1, -0.05) is 152 Å². The van der Waals surface area contributed by atoms with Crippen LogP contribution in [0.2, 0.25) is 0 Å². The summed E-state index contributed by atoms with van der Waals surface area (Å²) in [7, 11) is 0. The standard InChI is InChI=1S/C65H37N5OS/c1-2-19-41(20-3-1)69-51-27-11-8-23-45(51)59-47(25-14-28-52(59)69)63-66-64(48-26-15-31-57-60(48)46-24-10-13-30-56(46)72-57)68-65(67-63)49-34-33-44-43-22-9-12-29-55(43)71-62(44)61(49)70-53-35-32-38-16-6-7-21-42(38)58(53)50-36-39-17-4-5-18-40(39)37-54(50)70/h1-37H. The monoisotopic (exact) mass is 935 g/mol. The van der Waals surface area contributed by atoms with Crippen molar-refractivity contribution in [2.45, 2.75) is 0 Å². The molecule has 0 radical (unpaired) electrons. The van der Waals surface area contributed by atoms with Crippen molar-refractivity contribution in [3.05, 3.63) is 224 Å². The van der Waals surface area contributed by atoms with Crippen molar-refractivity contribution in [1.82, 2.24) is 24.1 Å². The number of thiophene rings is 1. The van der Waals surface area contributed by atoms with Crippen LogP contribution in [0.5, 0.6) is 0 Å². The van der Waals surface area contributed by atoms with Crippen molar-refractivity contribution >= 4 is 119 Å². The van der Waals surface area contributed by atoms with Gasteiger partial charge in [-0.25, -0.2) is 15.0 Å². The third kappa shape index (κ3) is 5.62. The Morgan fingerprint density at radius 1 is 0.333 bits per heavy atom. The number of aromatic nitrogens is 5.